The van der Waals surface area contributed by atoms with Crippen molar-refractivity contribution in [2.45, 2.75) is 12.3 Å². The van der Waals surface area contributed by atoms with Crippen LogP contribution in [0, 0.1) is 18.3 Å². The zero-order chi connectivity index (χ0) is 22.4. The first-order valence-corrected chi connectivity index (χ1v) is 10.8. The molecule has 2 aromatic rings. The number of hydrogen-bond donors (Lipinski definition) is 0. The number of carbonyl (C=O) groups is 1. The van der Waals surface area contributed by atoms with Crippen LogP contribution in [0.1, 0.15) is 6.42 Å². The molecule has 3 rings (SSSR count). The third kappa shape index (κ3) is 5.81. The van der Waals surface area contributed by atoms with Crippen molar-refractivity contribution in [1.82, 2.24) is 14.8 Å². The number of halogens is 3. The van der Waals surface area contributed by atoms with E-state index in [1.54, 1.807) is 30.7 Å². The summed E-state index contributed by atoms with van der Waals surface area (Å²) in [5, 5.41) is 4.30. The number of anilines is 1. The molecule has 0 radical (unpaired) electrons. The highest BCUT2D eigenvalue weighted by molar-refractivity contribution is 8.00. The van der Waals surface area contributed by atoms with Gasteiger partial charge in [0.2, 0.25) is 0 Å². The molecule has 1 amide bonds. The van der Waals surface area contributed by atoms with Gasteiger partial charge in [-0.05, 0) is 12.1 Å². The van der Waals surface area contributed by atoms with Crippen LogP contribution in [0.4, 0.5) is 14.5 Å². The summed E-state index contributed by atoms with van der Waals surface area (Å²) in [7, 11) is 1.44. The van der Waals surface area contributed by atoms with Gasteiger partial charge in [-0.1, -0.05) is 17.5 Å². The molecule has 0 aromatic carbocycles. The minimum Gasteiger partial charge on any atom is -0.363 e. The highest BCUT2D eigenvalue weighted by Gasteiger charge is 2.56. The number of ether oxygens (including phenoxy) is 1. The summed E-state index contributed by atoms with van der Waals surface area (Å²) < 4.78 is 32.7. The highest BCUT2D eigenvalue weighted by Crippen LogP contribution is 2.50. The van der Waals surface area contributed by atoms with E-state index in [1.807, 2.05) is 0 Å². The van der Waals surface area contributed by atoms with Gasteiger partial charge in [0, 0.05) is 37.2 Å². The standard InChI is InChI=1S/C20H20ClF2N5O2S/c1-3-7-27(17-10-28(26-18(17)21)15-5-4-6-24-9-15)19(29)16(25-13-30-2)12-31-11-14-8-20(14,22)23/h1,4-6,9-10,14H,7-8,11-13H2,2H3. The van der Waals surface area contributed by atoms with Crippen molar-refractivity contribution in [2.24, 2.45) is 10.9 Å². The number of aliphatic imine (C=N–C) groups is 1. The molecule has 1 aliphatic carbocycles. The molecule has 0 aliphatic heterocycles. The Kier molecular flexibility index (Phi) is 7.64. The van der Waals surface area contributed by atoms with Crippen molar-refractivity contribution in [3.8, 4) is 18.0 Å². The van der Waals surface area contributed by atoms with Crippen LogP contribution in [0.5, 0.6) is 0 Å². The Balaban J connectivity index is 1.80. The Morgan fingerprint density at radius 2 is 2.35 bits per heavy atom. The van der Waals surface area contributed by atoms with Gasteiger partial charge in [0.05, 0.1) is 24.6 Å². The molecule has 1 atom stereocenters. The lowest BCUT2D eigenvalue weighted by Gasteiger charge is -2.20. The maximum absolute atomic E-state index is 13.2. The van der Waals surface area contributed by atoms with Crippen molar-refractivity contribution < 1.29 is 18.3 Å². The maximum atomic E-state index is 13.2. The zero-order valence-corrected chi connectivity index (χ0v) is 18.2. The average Bonchev–Trinajstić information content (AvgIpc) is 3.18. The summed E-state index contributed by atoms with van der Waals surface area (Å²) in [6, 6.07) is 3.52. The lowest BCUT2D eigenvalue weighted by Crippen LogP contribution is -2.38. The molecule has 0 N–H and O–H groups in total. The minimum atomic E-state index is -2.61. The first kappa shape index (κ1) is 23.2. The number of pyridine rings is 1. The highest BCUT2D eigenvalue weighted by atomic mass is 35.5. The number of thioether (sulfide) groups is 1. The quantitative estimate of drug-likeness (QED) is 0.396. The predicted molar refractivity (Wildman–Crippen MR) is 117 cm³/mol. The molecule has 11 heteroatoms. The molecule has 164 valence electrons. The molecule has 1 saturated carbocycles. The second-order valence-corrected chi connectivity index (χ2v) is 8.14. The van der Waals surface area contributed by atoms with E-state index in [9.17, 15) is 13.6 Å². The molecule has 0 spiro atoms. The van der Waals surface area contributed by atoms with Gasteiger partial charge in [-0.2, -0.15) is 16.9 Å². The molecular weight excluding hydrogens is 448 g/mol. The number of aromatic nitrogens is 3. The fourth-order valence-corrected chi connectivity index (χ4v) is 4.13. The van der Waals surface area contributed by atoms with Crippen LogP contribution in [0.2, 0.25) is 5.15 Å². The molecule has 1 unspecified atom stereocenters. The smallest absolute Gasteiger partial charge is 0.274 e. The lowest BCUT2D eigenvalue weighted by atomic mass is 10.3. The van der Waals surface area contributed by atoms with E-state index < -0.39 is 17.7 Å². The number of hydrogen-bond acceptors (Lipinski definition) is 6. The van der Waals surface area contributed by atoms with E-state index in [0.717, 1.165) is 0 Å². The van der Waals surface area contributed by atoms with Crippen LogP contribution in [0.3, 0.4) is 0 Å². The summed E-state index contributed by atoms with van der Waals surface area (Å²) in [6.45, 7) is -0.123. The van der Waals surface area contributed by atoms with Gasteiger partial charge in [-0.15, -0.1) is 6.42 Å². The van der Waals surface area contributed by atoms with Crippen LogP contribution in [-0.2, 0) is 9.53 Å². The van der Waals surface area contributed by atoms with Crippen LogP contribution in [0.15, 0.2) is 35.7 Å². The Labute approximate surface area is 187 Å². The second kappa shape index (κ2) is 10.2. The molecular formula is C20H20ClF2N5O2S. The van der Waals surface area contributed by atoms with Crippen LogP contribution >= 0.6 is 23.4 Å². The fraction of sp³-hybridized carbons (Fsp3) is 0.400. The predicted octanol–water partition coefficient (Wildman–Crippen LogP) is 3.32. The van der Waals surface area contributed by atoms with Crippen molar-refractivity contribution in [3.05, 3.63) is 35.9 Å². The van der Waals surface area contributed by atoms with Crippen molar-refractivity contribution in [2.75, 3.05) is 36.8 Å². The van der Waals surface area contributed by atoms with E-state index in [0.29, 0.717) is 11.4 Å². The normalized spacial score (nSPS) is 17.3. The molecule has 7 nitrogen and oxygen atoms in total. The second-order valence-electron chi connectivity index (χ2n) is 6.76. The van der Waals surface area contributed by atoms with Crippen molar-refractivity contribution in [1.29, 1.82) is 0 Å². The summed E-state index contributed by atoms with van der Waals surface area (Å²) in [5.41, 5.74) is 1.10. The largest absolute Gasteiger partial charge is 0.363 e. The van der Waals surface area contributed by atoms with Gasteiger partial charge in [-0.25, -0.2) is 13.5 Å². The van der Waals surface area contributed by atoms with E-state index >= 15 is 0 Å². The summed E-state index contributed by atoms with van der Waals surface area (Å²) in [4.78, 5) is 22.7. The summed E-state index contributed by atoms with van der Waals surface area (Å²) in [5.74, 6) is -0.942. The Bertz CT molecular complexity index is 993. The van der Waals surface area contributed by atoms with Gasteiger partial charge in [0.15, 0.2) is 5.15 Å². The minimum absolute atomic E-state index is 0.0478. The number of alkyl halides is 2. The van der Waals surface area contributed by atoms with E-state index in [1.165, 1.54) is 28.5 Å². The topological polar surface area (TPSA) is 72.6 Å². The average molecular weight is 468 g/mol. The number of amides is 1. The number of carbonyl (C=O) groups excluding carboxylic acids is 1. The van der Waals surface area contributed by atoms with E-state index in [-0.39, 0.29) is 42.1 Å². The van der Waals surface area contributed by atoms with Gasteiger partial charge < -0.3 is 4.74 Å². The monoisotopic (exact) mass is 467 g/mol. The number of terminal acetylenes is 1. The molecule has 2 heterocycles. The molecule has 31 heavy (non-hydrogen) atoms. The molecule has 1 fully saturated rings. The van der Waals surface area contributed by atoms with E-state index in [4.69, 9.17) is 22.8 Å². The fourth-order valence-electron chi connectivity index (χ4n) is 2.73. The number of nitrogens with zero attached hydrogens (tertiary/aromatic N) is 5. The van der Waals surface area contributed by atoms with Crippen molar-refractivity contribution in [3.63, 3.8) is 0 Å². The Morgan fingerprint density at radius 1 is 1.58 bits per heavy atom. The third-order valence-corrected chi connectivity index (χ3v) is 5.88. The van der Waals surface area contributed by atoms with Gasteiger partial charge in [0.1, 0.15) is 18.1 Å². The van der Waals surface area contributed by atoms with E-state index in [2.05, 4.69) is 21.0 Å². The van der Waals surface area contributed by atoms with Gasteiger partial charge >= 0.3 is 0 Å². The van der Waals surface area contributed by atoms with Crippen LogP contribution in [0.25, 0.3) is 5.69 Å². The van der Waals surface area contributed by atoms with Crippen molar-refractivity contribution >= 4 is 40.7 Å². The van der Waals surface area contributed by atoms with Gasteiger partial charge in [-0.3, -0.25) is 19.7 Å². The SMILES string of the molecule is C#CCN(C(=O)C(CSCC1CC1(F)F)=NCOC)c1cn(-c2cccnc2)nc1Cl. The number of rotatable bonds is 10. The Morgan fingerprint density at radius 3 is 2.97 bits per heavy atom. The van der Waals surface area contributed by atoms with Gasteiger partial charge in [0.25, 0.3) is 11.8 Å². The van der Waals surface area contributed by atoms with Crippen LogP contribution < -0.4 is 4.90 Å². The molecule has 0 bridgehead atoms. The Hall–Kier alpha value is -2.48. The lowest BCUT2D eigenvalue weighted by molar-refractivity contribution is -0.112. The third-order valence-electron chi connectivity index (χ3n) is 4.49. The molecule has 2 aromatic heterocycles. The first-order chi connectivity index (χ1) is 14.9. The number of methoxy groups -OCH3 is 1. The molecule has 0 saturated heterocycles. The first-order valence-electron chi connectivity index (χ1n) is 9.26. The summed E-state index contributed by atoms with van der Waals surface area (Å²) >= 11 is 7.52. The van der Waals surface area contributed by atoms with Crippen LogP contribution in [-0.4, -0.2) is 64.2 Å². The zero-order valence-electron chi connectivity index (χ0n) is 16.7. The maximum Gasteiger partial charge on any atom is 0.274 e. The summed E-state index contributed by atoms with van der Waals surface area (Å²) in [6.07, 6.45) is 10.1. The molecule has 1 aliphatic rings.